The topological polar surface area (TPSA) is 20.2 Å². The molecule has 0 saturated heterocycles. The second-order valence-corrected chi connectivity index (χ2v) is 3.60. The Balaban J connectivity index is 3.01. The van der Waals surface area contributed by atoms with Gasteiger partial charge in [-0.2, -0.15) is 0 Å². The van der Waals surface area contributed by atoms with Gasteiger partial charge in [-0.05, 0) is 11.6 Å². The molecule has 1 rings (SSSR count). The Labute approximate surface area is 82.4 Å². The molecular weight excluding hydrogens is 186 g/mol. The molecule has 3 heteroatoms. The Morgan fingerprint density at radius 1 is 1.43 bits per heavy atom. The Morgan fingerprint density at radius 3 is 2.57 bits per heavy atom. The minimum absolute atomic E-state index is 0.00435. The van der Waals surface area contributed by atoms with Gasteiger partial charge in [-0.15, -0.1) is 0 Å². The van der Waals surface area contributed by atoms with Crippen molar-refractivity contribution in [2.24, 2.45) is 0 Å². The zero-order valence-electron chi connectivity index (χ0n) is 8.30. The van der Waals surface area contributed by atoms with E-state index in [0.717, 1.165) is 12.5 Å². The molecule has 0 aliphatic carbocycles. The highest BCUT2D eigenvalue weighted by molar-refractivity contribution is 5.28. The number of aliphatic hydroxyl groups excluding tert-OH is 1. The van der Waals surface area contributed by atoms with Crippen LogP contribution in [0.25, 0.3) is 0 Å². The lowest BCUT2D eigenvalue weighted by Crippen LogP contribution is -2.08. The molecule has 0 radical (unpaired) electrons. The summed E-state index contributed by atoms with van der Waals surface area (Å²) in [5.41, 5.74) is 0.738. The molecule has 0 amide bonds. The fraction of sp³-hybridized carbons (Fsp3) is 0.455. The van der Waals surface area contributed by atoms with E-state index in [1.165, 1.54) is 12.1 Å². The fourth-order valence-corrected chi connectivity index (χ4v) is 1.22. The molecule has 0 fully saturated rings. The zero-order valence-corrected chi connectivity index (χ0v) is 8.30. The van der Waals surface area contributed by atoms with Gasteiger partial charge in [0, 0.05) is 25.0 Å². The standard InChI is InChI=1S/C11H14F2O/c1-8(7-14)9-4-3-5-10(6-9)11(2,12)13/h3-6,8,14H,7H2,1-2H3/t8-/m1/s1. The minimum Gasteiger partial charge on any atom is -0.396 e. The van der Waals surface area contributed by atoms with Gasteiger partial charge < -0.3 is 5.11 Å². The third-order valence-electron chi connectivity index (χ3n) is 2.24. The number of hydrogen-bond acceptors (Lipinski definition) is 1. The van der Waals surface area contributed by atoms with Gasteiger partial charge >= 0.3 is 0 Å². The van der Waals surface area contributed by atoms with Crippen LogP contribution in [-0.2, 0) is 5.92 Å². The predicted molar refractivity (Wildman–Crippen MR) is 51.5 cm³/mol. The van der Waals surface area contributed by atoms with Crippen molar-refractivity contribution in [3.05, 3.63) is 35.4 Å². The first-order valence-electron chi connectivity index (χ1n) is 4.54. The van der Waals surface area contributed by atoms with Gasteiger partial charge in [-0.3, -0.25) is 0 Å². The Hall–Kier alpha value is -0.960. The Morgan fingerprint density at radius 2 is 2.07 bits per heavy atom. The van der Waals surface area contributed by atoms with Gasteiger partial charge in [-0.1, -0.05) is 25.1 Å². The predicted octanol–water partition coefficient (Wildman–Crippen LogP) is 2.89. The molecule has 14 heavy (non-hydrogen) atoms. The molecule has 0 aromatic heterocycles. The van der Waals surface area contributed by atoms with Crippen molar-refractivity contribution in [1.82, 2.24) is 0 Å². The second-order valence-electron chi connectivity index (χ2n) is 3.60. The first kappa shape index (κ1) is 11.1. The number of rotatable bonds is 3. The second kappa shape index (κ2) is 4.05. The van der Waals surface area contributed by atoms with Gasteiger partial charge in [0.25, 0.3) is 5.92 Å². The van der Waals surface area contributed by atoms with Crippen LogP contribution in [0, 0.1) is 0 Å². The summed E-state index contributed by atoms with van der Waals surface area (Å²) in [6.07, 6.45) is 0. The summed E-state index contributed by atoms with van der Waals surface area (Å²) in [6.45, 7) is 2.64. The summed E-state index contributed by atoms with van der Waals surface area (Å²) >= 11 is 0. The van der Waals surface area contributed by atoms with Crippen LogP contribution in [0.4, 0.5) is 8.78 Å². The zero-order chi connectivity index (χ0) is 10.8. The summed E-state index contributed by atoms with van der Waals surface area (Å²) in [6, 6.07) is 6.18. The molecule has 1 aromatic rings. The highest BCUT2D eigenvalue weighted by atomic mass is 19.3. The smallest absolute Gasteiger partial charge is 0.270 e. The lowest BCUT2D eigenvalue weighted by Gasteiger charge is -2.14. The van der Waals surface area contributed by atoms with Crippen LogP contribution in [0.15, 0.2) is 24.3 Å². The lowest BCUT2D eigenvalue weighted by molar-refractivity contribution is 0.0173. The summed E-state index contributed by atoms with van der Waals surface area (Å²) in [5.74, 6) is -2.91. The first-order valence-corrected chi connectivity index (χ1v) is 4.54. The summed E-state index contributed by atoms with van der Waals surface area (Å²) in [7, 11) is 0. The molecule has 0 aliphatic rings. The number of benzene rings is 1. The van der Waals surface area contributed by atoms with Gasteiger partial charge in [0.15, 0.2) is 0 Å². The van der Waals surface area contributed by atoms with E-state index in [2.05, 4.69) is 0 Å². The maximum Gasteiger partial charge on any atom is 0.270 e. The molecule has 78 valence electrons. The van der Waals surface area contributed by atoms with E-state index < -0.39 is 5.92 Å². The van der Waals surface area contributed by atoms with Gasteiger partial charge in [0.1, 0.15) is 0 Å². The normalized spacial score (nSPS) is 14.1. The largest absolute Gasteiger partial charge is 0.396 e. The molecule has 1 nitrogen and oxygen atoms in total. The molecule has 1 N–H and O–H groups in total. The van der Waals surface area contributed by atoms with E-state index in [4.69, 9.17) is 5.11 Å². The van der Waals surface area contributed by atoms with Crippen molar-refractivity contribution >= 4 is 0 Å². The number of alkyl halides is 2. The van der Waals surface area contributed by atoms with E-state index in [1.807, 2.05) is 0 Å². The molecule has 0 aliphatic heterocycles. The molecule has 1 atom stereocenters. The molecular formula is C11H14F2O. The summed E-state index contributed by atoms with van der Waals surface area (Å²) < 4.78 is 25.9. The van der Waals surface area contributed by atoms with Crippen molar-refractivity contribution in [3.8, 4) is 0 Å². The third-order valence-corrected chi connectivity index (χ3v) is 2.24. The first-order chi connectivity index (χ1) is 6.45. The molecule has 0 saturated carbocycles. The van der Waals surface area contributed by atoms with Gasteiger partial charge in [-0.25, -0.2) is 8.78 Å². The molecule has 0 unspecified atom stereocenters. The maximum absolute atomic E-state index is 12.9. The third kappa shape index (κ3) is 2.51. The van der Waals surface area contributed by atoms with Crippen LogP contribution in [0.1, 0.15) is 30.9 Å². The molecule has 0 bridgehead atoms. The van der Waals surface area contributed by atoms with Crippen molar-refractivity contribution in [2.75, 3.05) is 6.61 Å². The van der Waals surface area contributed by atoms with E-state index in [0.29, 0.717) is 0 Å². The van der Waals surface area contributed by atoms with Crippen LogP contribution in [0.5, 0.6) is 0 Å². The lowest BCUT2D eigenvalue weighted by atomic mass is 9.98. The van der Waals surface area contributed by atoms with Crippen LogP contribution >= 0.6 is 0 Å². The number of halogens is 2. The van der Waals surface area contributed by atoms with Crippen LogP contribution in [0.3, 0.4) is 0 Å². The fourth-order valence-electron chi connectivity index (χ4n) is 1.22. The molecule has 0 heterocycles. The van der Waals surface area contributed by atoms with Crippen molar-refractivity contribution in [2.45, 2.75) is 25.7 Å². The summed E-state index contributed by atoms with van der Waals surface area (Å²) in [4.78, 5) is 0. The van der Waals surface area contributed by atoms with Crippen LogP contribution in [-0.4, -0.2) is 11.7 Å². The average Bonchev–Trinajstić information content (AvgIpc) is 2.15. The Kier molecular flexibility index (Phi) is 3.21. The van der Waals surface area contributed by atoms with Crippen molar-refractivity contribution in [3.63, 3.8) is 0 Å². The average molecular weight is 200 g/mol. The monoisotopic (exact) mass is 200 g/mol. The number of hydrogen-bond donors (Lipinski definition) is 1. The minimum atomic E-state index is -2.81. The summed E-state index contributed by atoms with van der Waals surface area (Å²) in [5, 5.41) is 8.89. The number of aliphatic hydroxyl groups is 1. The SMILES string of the molecule is C[C@H](CO)c1cccc(C(C)(F)F)c1. The van der Waals surface area contributed by atoms with E-state index >= 15 is 0 Å². The van der Waals surface area contributed by atoms with Crippen LogP contribution in [0.2, 0.25) is 0 Å². The van der Waals surface area contributed by atoms with E-state index in [-0.39, 0.29) is 18.1 Å². The highest BCUT2D eigenvalue weighted by Crippen LogP contribution is 2.28. The molecule has 1 aromatic carbocycles. The molecule has 0 spiro atoms. The Bertz CT molecular complexity index is 304. The van der Waals surface area contributed by atoms with Crippen LogP contribution < -0.4 is 0 Å². The van der Waals surface area contributed by atoms with Crippen molar-refractivity contribution in [1.29, 1.82) is 0 Å². The van der Waals surface area contributed by atoms with Gasteiger partial charge in [0.2, 0.25) is 0 Å². The van der Waals surface area contributed by atoms with Gasteiger partial charge in [0.05, 0.1) is 0 Å². The van der Waals surface area contributed by atoms with E-state index in [9.17, 15) is 8.78 Å². The van der Waals surface area contributed by atoms with E-state index in [1.54, 1.807) is 19.1 Å². The van der Waals surface area contributed by atoms with Crippen molar-refractivity contribution < 1.29 is 13.9 Å². The quantitative estimate of drug-likeness (QED) is 0.795. The highest BCUT2D eigenvalue weighted by Gasteiger charge is 2.24. The maximum atomic E-state index is 12.9.